The average molecular weight is 375 g/mol. The maximum atomic E-state index is 6.17. The second kappa shape index (κ2) is 6.29. The fourth-order valence-electron chi connectivity index (χ4n) is 1.83. The minimum Gasteiger partial charge on any atom is -0.383 e. The number of aromatic nitrogens is 2. The van der Waals surface area contributed by atoms with Crippen LogP contribution in [0.1, 0.15) is 36.8 Å². The molecule has 0 radical (unpaired) electrons. The maximum Gasteiger partial charge on any atom is 0.141 e. The van der Waals surface area contributed by atoms with Crippen LogP contribution in [0, 0.1) is 0 Å². The molecule has 0 atom stereocenters. The first-order valence-corrected chi connectivity index (χ1v) is 7.69. The van der Waals surface area contributed by atoms with Gasteiger partial charge in [0.05, 0.1) is 10.2 Å². The molecule has 1 aromatic carbocycles. The van der Waals surface area contributed by atoms with Crippen LogP contribution in [0.2, 0.25) is 10.0 Å². The monoisotopic (exact) mass is 373 g/mol. The number of benzene rings is 1. The fourth-order valence-corrected chi connectivity index (χ4v) is 2.94. The molecular weight excluding hydrogens is 361 g/mol. The quantitative estimate of drug-likeness (QED) is 0.835. The summed E-state index contributed by atoms with van der Waals surface area (Å²) in [7, 11) is 0. The zero-order chi connectivity index (χ0) is 14.9. The van der Waals surface area contributed by atoms with Gasteiger partial charge in [0.1, 0.15) is 11.6 Å². The van der Waals surface area contributed by atoms with E-state index >= 15 is 0 Å². The number of rotatable bonds is 3. The summed E-state index contributed by atoms with van der Waals surface area (Å²) in [6.45, 7) is 4.12. The van der Waals surface area contributed by atoms with E-state index in [1.165, 1.54) is 0 Å². The van der Waals surface area contributed by atoms with E-state index in [-0.39, 0.29) is 5.92 Å². The van der Waals surface area contributed by atoms with Crippen molar-refractivity contribution in [3.05, 3.63) is 49.8 Å². The van der Waals surface area contributed by atoms with Crippen molar-refractivity contribution in [1.29, 1.82) is 0 Å². The molecule has 3 nitrogen and oxygen atoms in total. The van der Waals surface area contributed by atoms with E-state index in [0.29, 0.717) is 28.1 Å². The normalized spacial score (nSPS) is 11.1. The Kier molecular flexibility index (Phi) is 4.89. The van der Waals surface area contributed by atoms with Crippen LogP contribution < -0.4 is 5.73 Å². The van der Waals surface area contributed by atoms with Gasteiger partial charge in [-0.05, 0) is 39.5 Å². The summed E-state index contributed by atoms with van der Waals surface area (Å²) in [6, 6.07) is 5.39. The van der Waals surface area contributed by atoms with E-state index in [2.05, 4.69) is 39.7 Å². The summed E-state index contributed by atoms with van der Waals surface area (Å²) >= 11 is 15.5. The number of anilines is 1. The third kappa shape index (κ3) is 3.43. The highest BCUT2D eigenvalue weighted by atomic mass is 79.9. The van der Waals surface area contributed by atoms with Gasteiger partial charge in [-0.15, -0.1) is 0 Å². The van der Waals surface area contributed by atoms with Crippen molar-refractivity contribution >= 4 is 44.9 Å². The smallest absolute Gasteiger partial charge is 0.141 e. The molecule has 20 heavy (non-hydrogen) atoms. The van der Waals surface area contributed by atoms with Crippen LogP contribution in [0.25, 0.3) is 0 Å². The molecule has 0 spiro atoms. The summed E-state index contributed by atoms with van der Waals surface area (Å²) in [5.41, 5.74) is 7.75. The van der Waals surface area contributed by atoms with E-state index in [4.69, 9.17) is 28.9 Å². The number of hydrogen-bond acceptors (Lipinski definition) is 3. The molecule has 0 saturated carbocycles. The number of halogens is 3. The Bertz CT molecular complexity index is 645. The van der Waals surface area contributed by atoms with Gasteiger partial charge in [0.25, 0.3) is 0 Å². The largest absolute Gasteiger partial charge is 0.383 e. The molecule has 106 valence electrons. The zero-order valence-corrected chi connectivity index (χ0v) is 14.2. The molecule has 2 rings (SSSR count). The first-order valence-electron chi connectivity index (χ1n) is 6.14. The number of nitrogens with two attached hydrogens (primary N) is 1. The van der Waals surface area contributed by atoms with Gasteiger partial charge in [0, 0.05) is 16.5 Å². The molecular formula is C14H14BrCl2N3. The lowest BCUT2D eigenvalue weighted by atomic mass is 10.1. The van der Waals surface area contributed by atoms with Gasteiger partial charge in [0.2, 0.25) is 0 Å². The Labute approximate surface area is 136 Å². The van der Waals surface area contributed by atoms with Crippen molar-refractivity contribution in [2.24, 2.45) is 0 Å². The van der Waals surface area contributed by atoms with Gasteiger partial charge in [-0.1, -0.05) is 43.1 Å². The first kappa shape index (κ1) is 15.5. The lowest BCUT2D eigenvalue weighted by Crippen LogP contribution is -2.07. The highest BCUT2D eigenvalue weighted by Gasteiger charge is 2.14. The highest BCUT2D eigenvalue weighted by molar-refractivity contribution is 9.10. The summed E-state index contributed by atoms with van der Waals surface area (Å²) in [4.78, 5) is 8.86. The van der Waals surface area contributed by atoms with Gasteiger partial charge in [-0.3, -0.25) is 0 Å². The van der Waals surface area contributed by atoms with Crippen molar-refractivity contribution in [3.63, 3.8) is 0 Å². The Balaban J connectivity index is 2.39. The van der Waals surface area contributed by atoms with Gasteiger partial charge >= 0.3 is 0 Å². The van der Waals surface area contributed by atoms with Crippen molar-refractivity contribution < 1.29 is 0 Å². The zero-order valence-electron chi connectivity index (χ0n) is 11.1. The average Bonchev–Trinajstić information content (AvgIpc) is 2.36. The number of nitrogens with zero attached hydrogens (tertiary/aromatic N) is 2. The minimum atomic E-state index is 0.258. The Morgan fingerprint density at radius 2 is 1.95 bits per heavy atom. The molecule has 2 aromatic rings. The third-order valence-electron chi connectivity index (χ3n) is 2.86. The SMILES string of the molecule is CC(C)c1nc(Cc2ccc(Cl)cc2Cl)nc(N)c1Br. The van der Waals surface area contributed by atoms with Gasteiger partial charge in [-0.2, -0.15) is 0 Å². The molecule has 1 heterocycles. The summed E-state index contributed by atoms with van der Waals surface area (Å²) < 4.78 is 0.762. The molecule has 0 fully saturated rings. The second-order valence-corrected chi connectivity index (χ2v) is 6.43. The van der Waals surface area contributed by atoms with E-state index < -0.39 is 0 Å². The van der Waals surface area contributed by atoms with Crippen LogP contribution in [0.4, 0.5) is 5.82 Å². The standard InChI is InChI=1S/C14H14BrCl2N3/c1-7(2)13-12(15)14(18)20-11(19-13)5-8-3-4-9(16)6-10(8)17/h3-4,6-7H,5H2,1-2H3,(H2,18,19,20). The van der Waals surface area contributed by atoms with Crippen molar-refractivity contribution in [1.82, 2.24) is 9.97 Å². The highest BCUT2D eigenvalue weighted by Crippen LogP contribution is 2.28. The van der Waals surface area contributed by atoms with Crippen LogP contribution >= 0.6 is 39.1 Å². The van der Waals surface area contributed by atoms with Gasteiger partial charge in [-0.25, -0.2) is 9.97 Å². The number of nitrogen functional groups attached to an aromatic ring is 1. The molecule has 0 unspecified atom stereocenters. The minimum absolute atomic E-state index is 0.258. The Morgan fingerprint density at radius 1 is 1.25 bits per heavy atom. The molecule has 1 aromatic heterocycles. The van der Waals surface area contributed by atoms with Crippen LogP contribution in [0.3, 0.4) is 0 Å². The predicted octanol–water partition coefficient (Wildman–Crippen LogP) is 4.84. The number of hydrogen-bond donors (Lipinski definition) is 1. The molecule has 0 aliphatic heterocycles. The summed E-state index contributed by atoms with van der Waals surface area (Å²) in [6.07, 6.45) is 0.521. The molecule has 2 N–H and O–H groups in total. The van der Waals surface area contributed by atoms with Crippen LogP contribution in [-0.2, 0) is 6.42 Å². The third-order valence-corrected chi connectivity index (χ3v) is 4.26. The summed E-state index contributed by atoms with van der Waals surface area (Å²) in [5, 5.41) is 1.21. The van der Waals surface area contributed by atoms with Crippen molar-refractivity contribution in [2.75, 3.05) is 5.73 Å². The van der Waals surface area contributed by atoms with Crippen molar-refractivity contribution in [3.8, 4) is 0 Å². The topological polar surface area (TPSA) is 51.8 Å². The maximum absolute atomic E-state index is 6.17. The predicted molar refractivity (Wildman–Crippen MR) is 87.5 cm³/mol. The Hall–Kier alpha value is -0.840. The first-order chi connectivity index (χ1) is 9.38. The lowest BCUT2D eigenvalue weighted by molar-refractivity contribution is 0.786. The molecule has 6 heteroatoms. The molecule has 0 bridgehead atoms. The molecule has 0 aliphatic carbocycles. The summed E-state index contributed by atoms with van der Waals surface area (Å²) in [5.74, 6) is 1.36. The van der Waals surface area contributed by atoms with E-state index in [1.54, 1.807) is 12.1 Å². The van der Waals surface area contributed by atoms with Crippen LogP contribution in [0.15, 0.2) is 22.7 Å². The Morgan fingerprint density at radius 3 is 2.55 bits per heavy atom. The fraction of sp³-hybridized carbons (Fsp3) is 0.286. The van der Waals surface area contributed by atoms with Crippen LogP contribution in [-0.4, -0.2) is 9.97 Å². The van der Waals surface area contributed by atoms with Crippen LogP contribution in [0.5, 0.6) is 0 Å². The van der Waals surface area contributed by atoms with Gasteiger partial charge in [0.15, 0.2) is 0 Å². The van der Waals surface area contributed by atoms with Gasteiger partial charge < -0.3 is 5.73 Å². The molecule has 0 aliphatic rings. The van der Waals surface area contributed by atoms with E-state index in [0.717, 1.165) is 15.7 Å². The van der Waals surface area contributed by atoms with Crippen molar-refractivity contribution in [2.45, 2.75) is 26.2 Å². The second-order valence-electron chi connectivity index (χ2n) is 4.79. The lowest BCUT2D eigenvalue weighted by Gasteiger charge is -2.12. The van der Waals surface area contributed by atoms with E-state index in [1.807, 2.05) is 6.07 Å². The molecule has 0 amide bonds. The van der Waals surface area contributed by atoms with E-state index in [9.17, 15) is 0 Å². The molecule has 0 saturated heterocycles.